The Kier molecular flexibility index (Phi) is 4.89. The molecule has 0 bridgehead atoms. The molecular weight excluding hydrogens is 346 g/mol. The number of rotatable bonds is 6. The molecule has 1 saturated heterocycles. The fourth-order valence-electron chi connectivity index (χ4n) is 2.71. The van der Waals surface area contributed by atoms with Crippen molar-refractivity contribution in [2.45, 2.75) is 45.3 Å². The van der Waals surface area contributed by atoms with Gasteiger partial charge in [-0.2, -0.15) is 4.52 Å². The standard InChI is InChI=1S/C15H21N5O4S/c1-10(2)24-15-6-4-13-18-17-12(20(13)19-15)3-5-14(21)16-11-7-8-25(22,23)9-11/h4,6,10-11H,3,5,7-9H2,1-2H3,(H,16,21)/t11-/m1/s1. The number of hydrogen-bond acceptors (Lipinski definition) is 7. The van der Waals surface area contributed by atoms with Crippen LogP contribution in [0.5, 0.6) is 5.88 Å². The molecule has 1 N–H and O–H groups in total. The quantitative estimate of drug-likeness (QED) is 0.772. The Bertz CT molecular complexity index is 877. The summed E-state index contributed by atoms with van der Waals surface area (Å²) < 4.78 is 30.0. The molecule has 10 heteroatoms. The van der Waals surface area contributed by atoms with Crippen LogP contribution < -0.4 is 10.1 Å². The summed E-state index contributed by atoms with van der Waals surface area (Å²) in [5.74, 6) is 0.968. The Morgan fingerprint density at radius 3 is 2.88 bits per heavy atom. The lowest BCUT2D eigenvalue weighted by molar-refractivity contribution is -0.121. The molecule has 1 atom stereocenters. The van der Waals surface area contributed by atoms with Crippen LogP contribution in [0, 0.1) is 0 Å². The van der Waals surface area contributed by atoms with Gasteiger partial charge in [0.15, 0.2) is 21.3 Å². The summed E-state index contributed by atoms with van der Waals surface area (Å²) in [7, 11) is -3.01. The smallest absolute Gasteiger partial charge is 0.232 e. The monoisotopic (exact) mass is 367 g/mol. The Balaban J connectivity index is 1.61. The number of nitrogens with one attached hydrogen (secondary N) is 1. The van der Waals surface area contributed by atoms with Gasteiger partial charge in [-0.3, -0.25) is 4.79 Å². The number of ether oxygens (including phenoxy) is 1. The predicted octanol–water partition coefficient (Wildman–Crippen LogP) is 0.147. The predicted molar refractivity (Wildman–Crippen MR) is 90.1 cm³/mol. The van der Waals surface area contributed by atoms with E-state index < -0.39 is 9.84 Å². The fraction of sp³-hybridized carbons (Fsp3) is 0.600. The van der Waals surface area contributed by atoms with Crippen molar-refractivity contribution < 1.29 is 17.9 Å². The summed E-state index contributed by atoms with van der Waals surface area (Å²) in [5, 5.41) is 15.2. The first-order valence-corrected chi connectivity index (χ1v) is 10.0. The zero-order valence-electron chi connectivity index (χ0n) is 14.2. The molecule has 2 aromatic heterocycles. The van der Waals surface area contributed by atoms with Gasteiger partial charge in [0.05, 0.1) is 17.6 Å². The molecule has 136 valence electrons. The molecule has 1 amide bonds. The van der Waals surface area contributed by atoms with Crippen LogP contribution in [0.2, 0.25) is 0 Å². The second-order valence-electron chi connectivity index (χ2n) is 6.39. The number of fused-ring (bicyclic) bond motifs is 1. The van der Waals surface area contributed by atoms with Gasteiger partial charge in [-0.1, -0.05) is 0 Å². The third kappa shape index (κ3) is 4.44. The first-order valence-electron chi connectivity index (χ1n) is 8.20. The highest BCUT2D eigenvalue weighted by Crippen LogP contribution is 2.13. The van der Waals surface area contributed by atoms with Gasteiger partial charge in [0.1, 0.15) is 0 Å². The summed E-state index contributed by atoms with van der Waals surface area (Å²) in [5.41, 5.74) is 0.577. The van der Waals surface area contributed by atoms with Crippen LogP contribution in [0.25, 0.3) is 5.65 Å². The lowest BCUT2D eigenvalue weighted by atomic mass is 10.2. The molecule has 2 aromatic rings. The van der Waals surface area contributed by atoms with Gasteiger partial charge >= 0.3 is 0 Å². The number of carbonyl (C=O) groups is 1. The summed E-state index contributed by atoms with van der Waals surface area (Å²) >= 11 is 0. The van der Waals surface area contributed by atoms with E-state index in [1.807, 2.05) is 13.8 Å². The van der Waals surface area contributed by atoms with Gasteiger partial charge in [0, 0.05) is 24.9 Å². The van der Waals surface area contributed by atoms with Crippen molar-refractivity contribution in [1.29, 1.82) is 0 Å². The molecule has 0 unspecified atom stereocenters. The SMILES string of the molecule is CC(C)Oc1ccc2nnc(CCC(=O)N[C@@H]3CCS(=O)(=O)C3)n2n1. The van der Waals surface area contributed by atoms with Crippen LogP contribution in [0.3, 0.4) is 0 Å². The van der Waals surface area contributed by atoms with E-state index in [-0.39, 0.29) is 36.0 Å². The molecule has 0 radical (unpaired) electrons. The Morgan fingerprint density at radius 1 is 1.40 bits per heavy atom. The number of sulfone groups is 1. The van der Waals surface area contributed by atoms with Gasteiger partial charge in [-0.15, -0.1) is 15.3 Å². The van der Waals surface area contributed by atoms with E-state index in [9.17, 15) is 13.2 Å². The lowest BCUT2D eigenvalue weighted by Crippen LogP contribution is -2.35. The zero-order chi connectivity index (χ0) is 18.0. The Morgan fingerprint density at radius 2 is 2.20 bits per heavy atom. The van der Waals surface area contributed by atoms with Crippen molar-refractivity contribution >= 4 is 21.4 Å². The maximum atomic E-state index is 12.0. The van der Waals surface area contributed by atoms with E-state index >= 15 is 0 Å². The molecule has 0 aliphatic carbocycles. The van der Waals surface area contributed by atoms with E-state index in [0.29, 0.717) is 30.2 Å². The van der Waals surface area contributed by atoms with Crippen LogP contribution in [0.1, 0.15) is 32.5 Å². The molecule has 0 aromatic carbocycles. The molecule has 9 nitrogen and oxygen atoms in total. The zero-order valence-corrected chi connectivity index (χ0v) is 15.0. The topological polar surface area (TPSA) is 116 Å². The molecule has 3 rings (SSSR count). The van der Waals surface area contributed by atoms with Crippen molar-refractivity contribution in [1.82, 2.24) is 25.1 Å². The number of amides is 1. The number of aryl methyl sites for hydroxylation is 1. The summed E-state index contributed by atoms with van der Waals surface area (Å²) in [6.45, 7) is 3.82. The van der Waals surface area contributed by atoms with Crippen LogP contribution >= 0.6 is 0 Å². The molecule has 0 saturated carbocycles. The van der Waals surface area contributed by atoms with Crippen LogP contribution in [0.15, 0.2) is 12.1 Å². The molecule has 1 aliphatic rings. The van der Waals surface area contributed by atoms with Crippen LogP contribution in [-0.2, 0) is 21.1 Å². The summed E-state index contributed by atoms with van der Waals surface area (Å²) in [6.07, 6.45) is 1.01. The van der Waals surface area contributed by atoms with Crippen LogP contribution in [-0.4, -0.2) is 57.8 Å². The minimum atomic E-state index is -3.01. The van der Waals surface area contributed by atoms with E-state index in [0.717, 1.165) is 0 Å². The minimum absolute atomic E-state index is 0.00153. The van der Waals surface area contributed by atoms with E-state index in [4.69, 9.17) is 4.74 Å². The van der Waals surface area contributed by atoms with E-state index in [1.54, 1.807) is 16.6 Å². The van der Waals surface area contributed by atoms with Crippen molar-refractivity contribution in [2.75, 3.05) is 11.5 Å². The average molecular weight is 367 g/mol. The van der Waals surface area contributed by atoms with Crippen molar-refractivity contribution in [2.24, 2.45) is 0 Å². The maximum absolute atomic E-state index is 12.0. The largest absolute Gasteiger partial charge is 0.474 e. The third-order valence-corrected chi connectivity index (χ3v) is 5.60. The number of carbonyl (C=O) groups excluding carboxylic acids is 1. The van der Waals surface area contributed by atoms with Crippen LogP contribution in [0.4, 0.5) is 0 Å². The maximum Gasteiger partial charge on any atom is 0.232 e. The molecule has 25 heavy (non-hydrogen) atoms. The lowest BCUT2D eigenvalue weighted by Gasteiger charge is -2.10. The van der Waals surface area contributed by atoms with Gasteiger partial charge in [-0.25, -0.2) is 8.42 Å². The Labute approximate surface area is 145 Å². The number of nitrogens with zero attached hydrogens (tertiary/aromatic N) is 4. The number of aromatic nitrogens is 4. The Hall–Kier alpha value is -2.23. The first-order chi connectivity index (χ1) is 11.8. The van der Waals surface area contributed by atoms with E-state index in [1.165, 1.54) is 0 Å². The van der Waals surface area contributed by atoms with Gasteiger partial charge < -0.3 is 10.1 Å². The molecule has 3 heterocycles. The molecule has 1 fully saturated rings. The van der Waals surface area contributed by atoms with Crippen molar-refractivity contribution in [3.05, 3.63) is 18.0 Å². The van der Waals surface area contributed by atoms with E-state index in [2.05, 4.69) is 20.6 Å². The van der Waals surface area contributed by atoms with Gasteiger partial charge in [0.2, 0.25) is 11.8 Å². The number of hydrogen-bond donors (Lipinski definition) is 1. The normalized spacial score (nSPS) is 19.4. The average Bonchev–Trinajstić information content (AvgIpc) is 3.07. The second kappa shape index (κ2) is 6.95. The minimum Gasteiger partial charge on any atom is -0.474 e. The highest BCUT2D eigenvalue weighted by molar-refractivity contribution is 7.91. The highest BCUT2D eigenvalue weighted by atomic mass is 32.2. The summed E-state index contributed by atoms with van der Waals surface area (Å²) in [4.78, 5) is 12.0. The first kappa shape index (κ1) is 17.6. The summed E-state index contributed by atoms with van der Waals surface area (Å²) in [6, 6.07) is 3.18. The van der Waals surface area contributed by atoms with Gasteiger partial charge in [0.25, 0.3) is 0 Å². The highest BCUT2D eigenvalue weighted by Gasteiger charge is 2.28. The van der Waals surface area contributed by atoms with Crippen molar-refractivity contribution in [3.63, 3.8) is 0 Å². The molecule has 1 aliphatic heterocycles. The molecule has 0 spiro atoms. The van der Waals surface area contributed by atoms with Gasteiger partial charge in [-0.05, 0) is 26.3 Å². The fourth-order valence-corrected chi connectivity index (χ4v) is 4.38. The third-order valence-electron chi connectivity index (χ3n) is 3.83. The van der Waals surface area contributed by atoms with Crippen molar-refractivity contribution in [3.8, 4) is 5.88 Å². The second-order valence-corrected chi connectivity index (χ2v) is 8.62. The molecular formula is C15H21N5O4S.